The number of hydrogen-bond acceptors (Lipinski definition) is 12. The maximum atomic E-state index is 16.2. The fourth-order valence-electron chi connectivity index (χ4n) is 16.9. The molecule has 0 aliphatic heterocycles. The predicted octanol–water partition coefficient (Wildman–Crippen LogP) is 20.5. The monoisotopic (exact) mass is 1790 g/mol. The van der Waals surface area contributed by atoms with Gasteiger partial charge in [-0.3, -0.25) is 19.2 Å². The van der Waals surface area contributed by atoms with Gasteiger partial charge in [-0.15, -0.1) is 0 Å². The molecule has 1 aliphatic carbocycles. The summed E-state index contributed by atoms with van der Waals surface area (Å²) in [6.45, 7) is 9.74. The molecule has 0 atom stereocenters. The predicted molar refractivity (Wildman–Crippen MR) is 529 cm³/mol. The molecule has 0 N–H and O–H groups in total. The average molecular weight is 1790 g/mol. The smallest absolute Gasteiger partial charge is 0.234 e. The molecule has 664 valence electrons. The second-order valence-corrected chi connectivity index (χ2v) is 44.7. The highest BCUT2D eigenvalue weighted by Crippen LogP contribution is 2.51. The molecule has 0 unspecified atom stereocenters. The van der Waals surface area contributed by atoms with Crippen molar-refractivity contribution in [2.45, 2.75) is 130 Å². The molecule has 0 aromatic heterocycles. The number of benzene rings is 12. The molecule has 8 bridgehead atoms. The lowest BCUT2D eigenvalue weighted by Crippen LogP contribution is -2.33. The van der Waals surface area contributed by atoms with Crippen LogP contribution in [0.4, 0.5) is 22.7 Å². The van der Waals surface area contributed by atoms with Crippen LogP contribution in [0.3, 0.4) is 0 Å². The van der Waals surface area contributed by atoms with E-state index in [4.69, 9.17) is 18.9 Å². The summed E-state index contributed by atoms with van der Waals surface area (Å²) in [5, 5.41) is 4.28. The van der Waals surface area contributed by atoms with Crippen LogP contribution in [0.25, 0.3) is 0 Å². The first-order valence-corrected chi connectivity index (χ1v) is 52.7. The Morgan fingerprint density at radius 2 is 0.375 bits per heavy atom. The third-order valence-corrected chi connectivity index (χ3v) is 36.2. The number of ether oxygens (including phenoxy) is 4. The topological polar surface area (TPSA) is 186 Å². The van der Waals surface area contributed by atoms with Crippen molar-refractivity contribution in [3.05, 3.63) is 336 Å². The zero-order chi connectivity index (χ0) is 90.2. The normalized spacial score (nSPS) is 12.2. The number of nitrogens with zero attached hydrogens (tertiary/aromatic N) is 4. The van der Waals surface area contributed by atoms with Crippen molar-refractivity contribution in [3.8, 4) is 23.0 Å². The number of carbonyl (C=O) groups excluding carboxylic acids is 4. The standard InChI is InChI=1S/C108H120N4O12P4/c1-9-13-41-61-121-105-81-65-83-71-90(110(6)102(114)78-126(118,95-49-29-19-30-50-95)96-51-31-20-32-52-96)73-85(106(83)122-62-42-14-10-2)67-87-75-92(112(8)104(116)80-128(120,99-57-37-23-38-58-99)100-59-39-24-40-60-100)76-88(108(87)124-64-44-16-12-4)68-86-74-91(111(7)103(115)79-127(119,97-53-33-21-34-54-97)98-55-35-22-36-56-98)72-84(107(86)123-63-43-15-11-3)66-82(105)70-89(69-81)109(5)101(113)77-125(117,93-45-25-17-26-46-93)94-47-27-18-28-48-94/h17-40,45-60,69-76H,9-16,41-44,61-68,77-80H2,1-8H3. The van der Waals surface area contributed by atoms with Crippen LogP contribution in [0.15, 0.2) is 291 Å². The summed E-state index contributed by atoms with van der Waals surface area (Å²) < 4.78 is 94.3. The minimum absolute atomic E-state index is 0.0641. The van der Waals surface area contributed by atoms with Crippen LogP contribution in [-0.4, -0.2) is 103 Å². The Kier molecular flexibility index (Phi) is 32.8. The Labute approximate surface area is 756 Å². The number of unbranched alkanes of at least 4 members (excludes halogenated alkanes) is 8. The maximum absolute atomic E-state index is 16.2. The Morgan fingerprint density at radius 1 is 0.234 bits per heavy atom. The van der Waals surface area contributed by atoms with E-state index >= 15 is 37.4 Å². The van der Waals surface area contributed by atoms with Gasteiger partial charge in [-0.2, -0.15) is 0 Å². The largest absolute Gasteiger partial charge is 0.493 e. The SMILES string of the molecule is CCCCCOc1c2cc(N(C)C(=O)CP(=O)(c3ccccc3)c3ccccc3)cc1Cc1cc(N(C)C(=O)CP(=O)(c3ccccc3)c3ccccc3)cc(c1OCCCCC)Cc1cc(N(C)C(=O)CP(=O)(c3ccccc3)c3ccccc3)cc(c1OCCCCC)Cc1cc(N(C)C(=O)CP(=O)(c3ccccc3)c3ccccc3)cc(c1OCCCCC)C2. The van der Waals surface area contributed by atoms with Crippen molar-refractivity contribution in [2.24, 2.45) is 0 Å². The molecule has 4 amide bonds. The lowest BCUT2D eigenvalue weighted by molar-refractivity contribution is -0.116. The molecule has 16 nitrogen and oxygen atoms in total. The summed E-state index contributed by atoms with van der Waals surface area (Å²) in [4.78, 5) is 70.2. The fourth-order valence-corrected chi connectivity index (χ4v) is 27.1. The summed E-state index contributed by atoms with van der Waals surface area (Å²) >= 11 is 0. The number of hydrogen-bond donors (Lipinski definition) is 0. The van der Waals surface area contributed by atoms with Gasteiger partial charge in [-0.25, -0.2) is 0 Å². The molecular formula is C108H120N4O12P4. The lowest BCUT2D eigenvalue weighted by atomic mass is 9.89. The van der Waals surface area contributed by atoms with Gasteiger partial charge in [0.05, 0.1) is 51.1 Å². The van der Waals surface area contributed by atoms with E-state index in [1.807, 2.05) is 291 Å². The molecule has 13 rings (SSSR count). The maximum Gasteiger partial charge on any atom is 0.234 e. The van der Waals surface area contributed by atoms with E-state index in [0.29, 0.717) is 185 Å². The van der Waals surface area contributed by atoms with E-state index in [1.165, 1.54) is 0 Å². The highest BCUT2D eigenvalue weighted by atomic mass is 31.2. The van der Waals surface area contributed by atoms with E-state index in [9.17, 15) is 0 Å². The Bertz CT molecular complexity index is 4980. The summed E-state index contributed by atoms with van der Waals surface area (Å²) in [5.74, 6) is 0.409. The number of anilines is 4. The zero-order valence-corrected chi connectivity index (χ0v) is 78.7. The van der Waals surface area contributed by atoms with Crippen molar-refractivity contribution in [2.75, 3.05) is 98.9 Å². The molecule has 20 heteroatoms. The average Bonchev–Trinajstić information content (AvgIpc) is 0.759. The van der Waals surface area contributed by atoms with Crippen LogP contribution in [0.2, 0.25) is 0 Å². The van der Waals surface area contributed by atoms with Crippen molar-refractivity contribution in [3.63, 3.8) is 0 Å². The molecule has 1 aliphatic rings. The Morgan fingerprint density at radius 3 is 0.508 bits per heavy atom. The summed E-state index contributed by atoms with van der Waals surface area (Å²) in [6.07, 6.45) is 8.59. The van der Waals surface area contributed by atoms with Gasteiger partial charge in [-0.1, -0.05) is 322 Å². The molecule has 0 saturated carbocycles. The molecule has 128 heavy (non-hydrogen) atoms. The minimum Gasteiger partial charge on any atom is -0.493 e. The van der Waals surface area contributed by atoms with E-state index in [0.717, 1.165) is 51.4 Å². The Hall–Kier alpha value is -11.4. The van der Waals surface area contributed by atoms with Gasteiger partial charge in [0.25, 0.3) is 0 Å². The van der Waals surface area contributed by atoms with Crippen LogP contribution in [0.5, 0.6) is 23.0 Å². The minimum atomic E-state index is -3.69. The Balaban J connectivity index is 1.11. The fraction of sp³-hybridized carbons (Fsp3) is 0.296. The van der Waals surface area contributed by atoms with E-state index < -0.39 is 52.2 Å². The second kappa shape index (κ2) is 44.6. The molecule has 0 fully saturated rings. The third-order valence-electron chi connectivity index (χ3n) is 24.3. The van der Waals surface area contributed by atoms with Crippen molar-refractivity contribution in [1.82, 2.24) is 0 Å². The zero-order valence-electron chi connectivity index (χ0n) is 75.2. The molecule has 0 heterocycles. The molecule has 12 aromatic rings. The van der Waals surface area contributed by atoms with E-state index in [-0.39, 0.29) is 50.3 Å². The van der Waals surface area contributed by atoms with Crippen molar-refractivity contribution in [1.29, 1.82) is 0 Å². The van der Waals surface area contributed by atoms with Gasteiger partial charge in [0.1, 0.15) is 23.0 Å². The van der Waals surface area contributed by atoms with Crippen LogP contribution >= 0.6 is 28.6 Å². The third kappa shape index (κ3) is 22.5. The van der Waals surface area contributed by atoms with Crippen LogP contribution < -0.4 is 81.0 Å². The van der Waals surface area contributed by atoms with Crippen LogP contribution in [0.1, 0.15) is 149 Å². The quantitative estimate of drug-likeness (QED) is 0.0262. The molecule has 0 saturated heterocycles. The van der Waals surface area contributed by atoms with Gasteiger partial charge in [0.2, 0.25) is 23.6 Å². The van der Waals surface area contributed by atoms with Crippen molar-refractivity contribution < 1.29 is 56.4 Å². The first kappa shape index (κ1) is 94.3. The summed E-state index contributed by atoms with van der Waals surface area (Å²) in [7, 11) is -7.90. The number of amides is 4. The van der Waals surface area contributed by atoms with Crippen LogP contribution in [0, 0.1) is 0 Å². The first-order chi connectivity index (χ1) is 62.1. The number of fused-ring (bicyclic) bond motifs is 8. The summed E-state index contributed by atoms with van der Waals surface area (Å²) in [6, 6.07) is 89.2. The highest BCUT2D eigenvalue weighted by molar-refractivity contribution is 7.80. The van der Waals surface area contributed by atoms with E-state index in [1.54, 1.807) is 47.8 Å². The van der Waals surface area contributed by atoms with Gasteiger partial charge in [-0.05, 0) is 74.2 Å². The van der Waals surface area contributed by atoms with E-state index in [2.05, 4.69) is 27.7 Å². The lowest BCUT2D eigenvalue weighted by Gasteiger charge is -2.29. The highest BCUT2D eigenvalue weighted by Gasteiger charge is 2.39. The van der Waals surface area contributed by atoms with Gasteiger partial charge < -0.3 is 56.8 Å². The molecule has 12 aromatic carbocycles. The molecule has 0 spiro atoms. The first-order valence-electron chi connectivity index (χ1n) is 45.1. The second-order valence-electron chi connectivity index (χ2n) is 33.4. The number of carbonyl (C=O) groups is 4. The van der Waals surface area contributed by atoms with Gasteiger partial charge in [0, 0.05) is 164 Å². The summed E-state index contributed by atoms with van der Waals surface area (Å²) in [5.41, 5.74) is 6.97. The molecular weight excluding hydrogens is 1670 g/mol. The van der Waals surface area contributed by atoms with Crippen LogP contribution in [-0.2, 0) is 63.1 Å². The number of rotatable bonds is 40. The van der Waals surface area contributed by atoms with Gasteiger partial charge in [0.15, 0.2) is 28.6 Å². The van der Waals surface area contributed by atoms with Crippen molar-refractivity contribution >= 4 is 117 Å². The molecule has 0 radical (unpaired) electrons. The van der Waals surface area contributed by atoms with Gasteiger partial charge >= 0.3 is 0 Å².